The Kier molecular flexibility index (Phi) is 3.41. The van der Waals surface area contributed by atoms with Gasteiger partial charge in [0, 0.05) is 6.20 Å². The standard InChI is InChI=1S/C9H16N4O2/c1-7(14)9(2,3)11-8(15)6-13-5-4-10-12-13/h4-5,7,14H,6H2,1-3H3,(H,11,15). The Balaban J connectivity index is 2.50. The number of aliphatic hydroxyl groups excluding tert-OH is 1. The van der Waals surface area contributed by atoms with Crippen molar-refractivity contribution >= 4 is 5.91 Å². The minimum atomic E-state index is -0.641. The molecule has 6 heteroatoms. The molecule has 1 aromatic rings. The van der Waals surface area contributed by atoms with Crippen LogP contribution >= 0.6 is 0 Å². The highest BCUT2D eigenvalue weighted by atomic mass is 16.3. The van der Waals surface area contributed by atoms with Crippen LogP contribution in [0.15, 0.2) is 12.4 Å². The van der Waals surface area contributed by atoms with Gasteiger partial charge in [0.2, 0.25) is 5.91 Å². The third-order valence-corrected chi connectivity index (χ3v) is 2.28. The van der Waals surface area contributed by atoms with E-state index in [1.807, 2.05) is 0 Å². The van der Waals surface area contributed by atoms with Gasteiger partial charge in [0.15, 0.2) is 0 Å². The first-order chi connectivity index (χ1) is 6.92. The monoisotopic (exact) mass is 212 g/mol. The third kappa shape index (κ3) is 3.32. The van der Waals surface area contributed by atoms with E-state index in [4.69, 9.17) is 0 Å². The van der Waals surface area contributed by atoms with E-state index in [1.54, 1.807) is 27.0 Å². The zero-order chi connectivity index (χ0) is 11.5. The lowest BCUT2D eigenvalue weighted by Gasteiger charge is -2.29. The van der Waals surface area contributed by atoms with Crippen LogP contribution in [0.5, 0.6) is 0 Å². The van der Waals surface area contributed by atoms with Gasteiger partial charge in [0.1, 0.15) is 6.54 Å². The lowest BCUT2D eigenvalue weighted by Crippen LogP contribution is -2.51. The molecule has 2 N–H and O–H groups in total. The normalized spacial score (nSPS) is 13.6. The number of nitrogens with one attached hydrogen (secondary N) is 1. The second kappa shape index (κ2) is 4.39. The van der Waals surface area contributed by atoms with Crippen LogP contribution in [-0.2, 0) is 11.3 Å². The van der Waals surface area contributed by atoms with E-state index in [9.17, 15) is 9.90 Å². The number of amides is 1. The van der Waals surface area contributed by atoms with Gasteiger partial charge in [-0.05, 0) is 20.8 Å². The molecule has 84 valence electrons. The highest BCUT2D eigenvalue weighted by Gasteiger charge is 2.25. The van der Waals surface area contributed by atoms with Gasteiger partial charge in [-0.25, -0.2) is 4.68 Å². The lowest BCUT2D eigenvalue weighted by atomic mass is 9.99. The molecule has 1 amide bonds. The summed E-state index contributed by atoms with van der Waals surface area (Å²) in [6.07, 6.45) is 2.50. The molecule has 6 nitrogen and oxygen atoms in total. The highest BCUT2D eigenvalue weighted by Crippen LogP contribution is 2.07. The lowest BCUT2D eigenvalue weighted by molar-refractivity contribution is -0.124. The molecule has 0 spiro atoms. The van der Waals surface area contributed by atoms with Crippen molar-refractivity contribution in [3.05, 3.63) is 12.4 Å². The minimum Gasteiger partial charge on any atom is -0.391 e. The van der Waals surface area contributed by atoms with Crippen LogP contribution in [0.3, 0.4) is 0 Å². The maximum Gasteiger partial charge on any atom is 0.242 e. The van der Waals surface area contributed by atoms with Crippen LogP contribution in [0.2, 0.25) is 0 Å². The van der Waals surface area contributed by atoms with Crippen LogP contribution in [0, 0.1) is 0 Å². The molecule has 1 aromatic heterocycles. The average molecular weight is 212 g/mol. The van der Waals surface area contributed by atoms with Gasteiger partial charge in [0.25, 0.3) is 0 Å². The molecule has 1 atom stereocenters. The van der Waals surface area contributed by atoms with Gasteiger partial charge >= 0.3 is 0 Å². The molecular formula is C9H16N4O2. The second-order valence-corrected chi connectivity index (χ2v) is 4.05. The van der Waals surface area contributed by atoms with E-state index < -0.39 is 11.6 Å². The number of aromatic nitrogens is 3. The van der Waals surface area contributed by atoms with E-state index in [1.165, 1.54) is 10.9 Å². The first-order valence-corrected chi connectivity index (χ1v) is 4.75. The summed E-state index contributed by atoms with van der Waals surface area (Å²) in [5.74, 6) is -0.202. The molecule has 1 unspecified atom stereocenters. The van der Waals surface area contributed by atoms with Crippen molar-refractivity contribution in [2.45, 2.75) is 39.0 Å². The number of aliphatic hydroxyl groups is 1. The Morgan fingerprint density at radius 3 is 2.80 bits per heavy atom. The molecular weight excluding hydrogens is 196 g/mol. The van der Waals surface area contributed by atoms with Crippen molar-refractivity contribution in [1.29, 1.82) is 0 Å². The first kappa shape index (κ1) is 11.6. The van der Waals surface area contributed by atoms with Crippen LogP contribution in [-0.4, -0.2) is 37.7 Å². The van der Waals surface area contributed by atoms with Crippen molar-refractivity contribution in [1.82, 2.24) is 20.3 Å². The Bertz CT molecular complexity index is 319. The van der Waals surface area contributed by atoms with Gasteiger partial charge in [-0.2, -0.15) is 0 Å². The zero-order valence-electron chi connectivity index (χ0n) is 9.14. The summed E-state index contributed by atoms with van der Waals surface area (Å²) in [7, 11) is 0. The van der Waals surface area contributed by atoms with E-state index in [2.05, 4.69) is 15.6 Å². The number of rotatable bonds is 4. The van der Waals surface area contributed by atoms with Crippen molar-refractivity contribution in [3.8, 4) is 0 Å². The number of hydrogen-bond donors (Lipinski definition) is 2. The molecule has 0 radical (unpaired) electrons. The van der Waals surface area contributed by atoms with Gasteiger partial charge < -0.3 is 10.4 Å². The summed E-state index contributed by atoms with van der Waals surface area (Å²) < 4.78 is 1.42. The molecule has 0 saturated heterocycles. The molecule has 0 bridgehead atoms. The topological polar surface area (TPSA) is 80.0 Å². The average Bonchev–Trinajstić information content (AvgIpc) is 2.54. The van der Waals surface area contributed by atoms with Gasteiger partial charge in [-0.3, -0.25) is 4.79 Å². The molecule has 0 aliphatic carbocycles. The molecule has 0 aromatic carbocycles. The van der Waals surface area contributed by atoms with Crippen molar-refractivity contribution in [2.75, 3.05) is 0 Å². The van der Waals surface area contributed by atoms with Crippen LogP contribution in [0.4, 0.5) is 0 Å². The SMILES string of the molecule is CC(O)C(C)(C)NC(=O)Cn1ccnn1. The Labute approximate surface area is 88.3 Å². The third-order valence-electron chi connectivity index (χ3n) is 2.28. The Morgan fingerprint density at radius 1 is 1.67 bits per heavy atom. The first-order valence-electron chi connectivity index (χ1n) is 4.75. The van der Waals surface area contributed by atoms with Crippen LogP contribution < -0.4 is 5.32 Å². The van der Waals surface area contributed by atoms with Crippen molar-refractivity contribution < 1.29 is 9.90 Å². The minimum absolute atomic E-state index is 0.107. The van der Waals surface area contributed by atoms with Crippen molar-refractivity contribution in [3.63, 3.8) is 0 Å². The van der Waals surface area contributed by atoms with Crippen LogP contribution in [0.25, 0.3) is 0 Å². The van der Waals surface area contributed by atoms with Gasteiger partial charge in [0.05, 0.1) is 17.8 Å². The predicted molar refractivity (Wildman–Crippen MR) is 53.9 cm³/mol. The maximum atomic E-state index is 11.5. The zero-order valence-corrected chi connectivity index (χ0v) is 9.14. The van der Waals surface area contributed by atoms with Gasteiger partial charge in [-0.15, -0.1) is 5.10 Å². The summed E-state index contributed by atoms with van der Waals surface area (Å²) in [5, 5.41) is 19.4. The second-order valence-electron chi connectivity index (χ2n) is 4.05. The summed E-state index contributed by atoms with van der Waals surface area (Å²) in [6, 6.07) is 0. The highest BCUT2D eigenvalue weighted by molar-refractivity contribution is 5.76. The molecule has 1 heterocycles. The summed E-state index contributed by atoms with van der Waals surface area (Å²) in [5.41, 5.74) is -0.641. The van der Waals surface area contributed by atoms with Gasteiger partial charge in [-0.1, -0.05) is 5.21 Å². The molecule has 15 heavy (non-hydrogen) atoms. The summed E-state index contributed by atoms with van der Waals surface area (Å²) >= 11 is 0. The van der Waals surface area contributed by atoms with Crippen molar-refractivity contribution in [2.24, 2.45) is 0 Å². The largest absolute Gasteiger partial charge is 0.391 e. The molecule has 0 fully saturated rings. The Morgan fingerprint density at radius 2 is 2.33 bits per heavy atom. The van der Waals surface area contributed by atoms with E-state index in [0.717, 1.165) is 0 Å². The fraction of sp³-hybridized carbons (Fsp3) is 0.667. The number of hydrogen-bond acceptors (Lipinski definition) is 4. The Hall–Kier alpha value is -1.43. The molecule has 0 saturated carbocycles. The number of carbonyl (C=O) groups excluding carboxylic acids is 1. The summed E-state index contributed by atoms with van der Waals surface area (Å²) in [6.45, 7) is 5.26. The fourth-order valence-corrected chi connectivity index (χ4v) is 0.967. The molecule has 0 aliphatic heterocycles. The predicted octanol–water partition coefficient (Wildman–Crippen LogP) is -0.446. The fourth-order valence-electron chi connectivity index (χ4n) is 0.967. The molecule has 0 aliphatic rings. The summed E-state index contributed by atoms with van der Waals surface area (Å²) in [4.78, 5) is 11.5. The maximum absolute atomic E-state index is 11.5. The number of carbonyl (C=O) groups is 1. The van der Waals surface area contributed by atoms with Crippen LogP contribution in [0.1, 0.15) is 20.8 Å². The smallest absolute Gasteiger partial charge is 0.242 e. The van der Waals surface area contributed by atoms with E-state index in [0.29, 0.717) is 0 Å². The quantitative estimate of drug-likeness (QED) is 0.708. The van der Waals surface area contributed by atoms with E-state index >= 15 is 0 Å². The molecule has 1 rings (SSSR count). The van der Waals surface area contributed by atoms with E-state index in [-0.39, 0.29) is 12.5 Å². The number of nitrogens with zero attached hydrogens (tertiary/aromatic N) is 3.